The lowest BCUT2D eigenvalue weighted by molar-refractivity contribution is -0.129. The molecule has 156 valence electrons. The summed E-state index contributed by atoms with van der Waals surface area (Å²) in [4.78, 5) is 14.7. The smallest absolute Gasteiger partial charge is 0.233 e. The molecule has 1 aliphatic rings. The van der Waals surface area contributed by atoms with Gasteiger partial charge in [-0.3, -0.25) is 9.36 Å². The Bertz CT molecular complexity index is 984. The van der Waals surface area contributed by atoms with E-state index >= 15 is 0 Å². The van der Waals surface area contributed by atoms with Crippen LogP contribution in [0.2, 0.25) is 0 Å². The Morgan fingerprint density at radius 2 is 1.77 bits per heavy atom. The first kappa shape index (κ1) is 20.6. The Kier molecular flexibility index (Phi) is 6.47. The second kappa shape index (κ2) is 9.43. The van der Waals surface area contributed by atoms with Gasteiger partial charge in [-0.25, -0.2) is 4.39 Å². The fourth-order valence-electron chi connectivity index (χ4n) is 3.86. The Morgan fingerprint density at radius 3 is 2.47 bits per heavy atom. The first-order chi connectivity index (χ1) is 14.6. The van der Waals surface area contributed by atoms with Gasteiger partial charge in [-0.2, -0.15) is 0 Å². The quantitative estimate of drug-likeness (QED) is 0.525. The highest BCUT2D eigenvalue weighted by molar-refractivity contribution is 7.99. The molecule has 1 saturated carbocycles. The highest BCUT2D eigenvalue weighted by Crippen LogP contribution is 2.29. The first-order valence-corrected chi connectivity index (χ1v) is 11.3. The van der Waals surface area contributed by atoms with Crippen LogP contribution in [-0.2, 0) is 4.79 Å². The van der Waals surface area contributed by atoms with Gasteiger partial charge in [0.2, 0.25) is 5.91 Å². The van der Waals surface area contributed by atoms with Gasteiger partial charge in [0.15, 0.2) is 11.0 Å². The van der Waals surface area contributed by atoms with Gasteiger partial charge < -0.3 is 4.90 Å². The molecule has 0 atom stereocenters. The van der Waals surface area contributed by atoms with Crippen molar-refractivity contribution in [1.29, 1.82) is 0 Å². The van der Waals surface area contributed by atoms with Crippen molar-refractivity contribution in [3.63, 3.8) is 0 Å². The SMILES string of the molecule is CN(C(=O)CSc1nnc(-c2ccc(F)cc2)n1-c1ccccc1)C1CCCCC1. The van der Waals surface area contributed by atoms with Crippen LogP contribution in [0.25, 0.3) is 17.1 Å². The van der Waals surface area contributed by atoms with E-state index in [-0.39, 0.29) is 11.7 Å². The molecule has 0 bridgehead atoms. The van der Waals surface area contributed by atoms with E-state index in [4.69, 9.17) is 0 Å². The summed E-state index contributed by atoms with van der Waals surface area (Å²) in [6, 6.07) is 16.3. The summed E-state index contributed by atoms with van der Waals surface area (Å²) in [6.07, 6.45) is 5.82. The third-order valence-electron chi connectivity index (χ3n) is 5.59. The Hall–Kier alpha value is -2.67. The molecule has 1 aromatic heterocycles. The maximum absolute atomic E-state index is 13.4. The van der Waals surface area contributed by atoms with E-state index in [1.807, 2.05) is 46.8 Å². The van der Waals surface area contributed by atoms with Crippen LogP contribution in [0.1, 0.15) is 32.1 Å². The summed E-state index contributed by atoms with van der Waals surface area (Å²) < 4.78 is 15.3. The van der Waals surface area contributed by atoms with Gasteiger partial charge in [0.05, 0.1) is 5.75 Å². The van der Waals surface area contributed by atoms with Crippen molar-refractivity contribution in [2.75, 3.05) is 12.8 Å². The zero-order chi connectivity index (χ0) is 20.9. The molecule has 1 amide bonds. The number of hydrogen-bond acceptors (Lipinski definition) is 4. The van der Waals surface area contributed by atoms with Crippen molar-refractivity contribution in [2.24, 2.45) is 0 Å². The molecule has 1 heterocycles. The summed E-state index contributed by atoms with van der Waals surface area (Å²) in [5, 5.41) is 9.34. The standard InChI is InChI=1S/C23H25FN4OS/c1-27(19-8-4-2-5-9-19)21(29)16-30-23-26-25-22(17-12-14-18(24)15-13-17)28(23)20-10-6-3-7-11-20/h3,6-7,10-15,19H,2,4-5,8-9,16H2,1H3. The number of para-hydroxylation sites is 1. The fraction of sp³-hybridized carbons (Fsp3) is 0.348. The molecular formula is C23H25FN4OS. The van der Waals surface area contributed by atoms with E-state index in [1.54, 1.807) is 12.1 Å². The van der Waals surface area contributed by atoms with Crippen LogP contribution >= 0.6 is 11.8 Å². The van der Waals surface area contributed by atoms with E-state index in [0.29, 0.717) is 22.8 Å². The Morgan fingerprint density at radius 1 is 1.07 bits per heavy atom. The van der Waals surface area contributed by atoms with Crippen LogP contribution in [-0.4, -0.2) is 44.4 Å². The van der Waals surface area contributed by atoms with Crippen molar-refractivity contribution in [2.45, 2.75) is 43.3 Å². The number of thioether (sulfide) groups is 1. The van der Waals surface area contributed by atoms with E-state index in [9.17, 15) is 9.18 Å². The molecule has 0 radical (unpaired) electrons. The van der Waals surface area contributed by atoms with E-state index in [1.165, 1.54) is 43.2 Å². The van der Waals surface area contributed by atoms with Gasteiger partial charge in [0, 0.05) is 24.3 Å². The average Bonchev–Trinajstić information content (AvgIpc) is 3.22. The third-order valence-corrected chi connectivity index (χ3v) is 6.50. The molecule has 1 fully saturated rings. The predicted octanol–water partition coefficient (Wildman–Crippen LogP) is 4.96. The minimum absolute atomic E-state index is 0.109. The lowest BCUT2D eigenvalue weighted by Gasteiger charge is -2.31. The van der Waals surface area contributed by atoms with Gasteiger partial charge in [-0.15, -0.1) is 10.2 Å². The summed E-state index contributed by atoms with van der Waals surface area (Å²) in [7, 11) is 1.91. The second-order valence-corrected chi connectivity index (χ2v) is 8.51. The molecule has 7 heteroatoms. The normalized spacial score (nSPS) is 14.6. The predicted molar refractivity (Wildman–Crippen MR) is 117 cm³/mol. The number of halogens is 1. The van der Waals surface area contributed by atoms with Gasteiger partial charge in [-0.05, 0) is 49.2 Å². The van der Waals surface area contributed by atoms with E-state index in [0.717, 1.165) is 24.1 Å². The van der Waals surface area contributed by atoms with Crippen LogP contribution in [0.3, 0.4) is 0 Å². The zero-order valence-electron chi connectivity index (χ0n) is 17.0. The third kappa shape index (κ3) is 4.56. The molecule has 2 aromatic carbocycles. The van der Waals surface area contributed by atoms with Crippen molar-refractivity contribution in [3.8, 4) is 17.1 Å². The first-order valence-electron chi connectivity index (χ1n) is 10.3. The Balaban J connectivity index is 1.57. The number of rotatable bonds is 6. The van der Waals surface area contributed by atoms with Crippen molar-refractivity contribution in [1.82, 2.24) is 19.7 Å². The Labute approximate surface area is 180 Å². The molecule has 3 aromatic rings. The number of amides is 1. The van der Waals surface area contributed by atoms with Crippen molar-refractivity contribution < 1.29 is 9.18 Å². The number of carbonyl (C=O) groups excluding carboxylic acids is 1. The summed E-state index contributed by atoms with van der Waals surface area (Å²) in [5.74, 6) is 0.742. The van der Waals surface area contributed by atoms with Crippen LogP contribution in [0, 0.1) is 5.82 Å². The summed E-state index contributed by atoms with van der Waals surface area (Å²) in [5.41, 5.74) is 1.67. The minimum atomic E-state index is -0.296. The summed E-state index contributed by atoms with van der Waals surface area (Å²) >= 11 is 1.39. The average molecular weight is 425 g/mol. The lowest BCUT2D eigenvalue weighted by Crippen LogP contribution is -2.39. The lowest BCUT2D eigenvalue weighted by atomic mass is 9.94. The molecule has 0 aliphatic heterocycles. The monoisotopic (exact) mass is 424 g/mol. The zero-order valence-corrected chi connectivity index (χ0v) is 17.8. The van der Waals surface area contributed by atoms with Gasteiger partial charge in [0.1, 0.15) is 5.82 Å². The molecule has 5 nitrogen and oxygen atoms in total. The van der Waals surface area contributed by atoms with Crippen molar-refractivity contribution in [3.05, 3.63) is 60.4 Å². The van der Waals surface area contributed by atoms with E-state index < -0.39 is 0 Å². The number of benzene rings is 2. The van der Waals surface area contributed by atoms with Gasteiger partial charge >= 0.3 is 0 Å². The van der Waals surface area contributed by atoms with Gasteiger partial charge in [0.25, 0.3) is 0 Å². The number of carbonyl (C=O) groups is 1. The topological polar surface area (TPSA) is 51.0 Å². The minimum Gasteiger partial charge on any atom is -0.342 e. The highest BCUT2D eigenvalue weighted by atomic mass is 32.2. The maximum atomic E-state index is 13.4. The molecule has 1 aliphatic carbocycles. The number of aromatic nitrogens is 3. The summed E-state index contributed by atoms with van der Waals surface area (Å²) in [6.45, 7) is 0. The van der Waals surface area contributed by atoms with Crippen LogP contribution in [0.15, 0.2) is 59.8 Å². The number of hydrogen-bond donors (Lipinski definition) is 0. The van der Waals surface area contributed by atoms with Crippen LogP contribution < -0.4 is 0 Å². The number of nitrogens with zero attached hydrogens (tertiary/aromatic N) is 4. The van der Waals surface area contributed by atoms with Gasteiger partial charge in [-0.1, -0.05) is 49.2 Å². The molecule has 0 unspecified atom stereocenters. The fourth-order valence-corrected chi connectivity index (χ4v) is 4.73. The molecule has 0 spiro atoms. The van der Waals surface area contributed by atoms with Crippen LogP contribution in [0.4, 0.5) is 4.39 Å². The molecular weight excluding hydrogens is 399 g/mol. The molecule has 4 rings (SSSR count). The molecule has 0 N–H and O–H groups in total. The van der Waals surface area contributed by atoms with Crippen LogP contribution in [0.5, 0.6) is 0 Å². The van der Waals surface area contributed by atoms with E-state index in [2.05, 4.69) is 10.2 Å². The highest BCUT2D eigenvalue weighted by Gasteiger charge is 2.23. The van der Waals surface area contributed by atoms with Crippen molar-refractivity contribution >= 4 is 17.7 Å². The second-order valence-electron chi connectivity index (χ2n) is 7.57. The molecule has 30 heavy (non-hydrogen) atoms. The maximum Gasteiger partial charge on any atom is 0.233 e. The largest absolute Gasteiger partial charge is 0.342 e. The molecule has 0 saturated heterocycles.